The monoisotopic (exact) mass is 227 g/mol. The zero-order valence-corrected chi connectivity index (χ0v) is 11.7. The highest BCUT2D eigenvalue weighted by Gasteiger charge is 2.20. The highest BCUT2D eigenvalue weighted by atomic mass is 28.3. The van der Waals surface area contributed by atoms with Gasteiger partial charge < -0.3 is 4.43 Å². The smallest absolute Gasteiger partial charge is 0.171 e. The molecule has 86 valence electrons. The Morgan fingerprint density at radius 3 is 2.33 bits per heavy atom. The number of aryl methyl sites for hydroxylation is 1. The van der Waals surface area contributed by atoms with Crippen LogP contribution in [0.2, 0.25) is 13.1 Å². The van der Waals surface area contributed by atoms with Crippen molar-refractivity contribution in [2.45, 2.75) is 45.9 Å². The fourth-order valence-electron chi connectivity index (χ4n) is 1.10. The van der Waals surface area contributed by atoms with E-state index in [2.05, 4.69) is 43.9 Å². The van der Waals surface area contributed by atoms with Gasteiger partial charge in [0.2, 0.25) is 0 Å². The molecule has 0 aliphatic rings. The lowest BCUT2D eigenvalue weighted by atomic mass is 9.96. The summed E-state index contributed by atoms with van der Waals surface area (Å²) in [5.41, 5.74) is 0.00523. The number of aromatic nitrogens is 3. The quantitative estimate of drug-likeness (QED) is 0.737. The van der Waals surface area contributed by atoms with Crippen LogP contribution >= 0.6 is 0 Å². The second kappa shape index (κ2) is 4.45. The van der Waals surface area contributed by atoms with Crippen LogP contribution in [0.5, 0.6) is 0 Å². The molecule has 0 amide bonds. The van der Waals surface area contributed by atoms with Crippen molar-refractivity contribution in [2.75, 3.05) is 0 Å². The maximum atomic E-state index is 5.65. The summed E-state index contributed by atoms with van der Waals surface area (Å²) in [7, 11) is 0.945. The molecule has 4 nitrogen and oxygen atoms in total. The predicted octanol–water partition coefficient (Wildman–Crippen LogP) is 1.61. The number of nitrogens with zero attached hydrogens (tertiary/aromatic N) is 3. The first kappa shape index (κ1) is 12.4. The number of rotatable bonds is 3. The zero-order valence-electron chi connectivity index (χ0n) is 10.5. The maximum Gasteiger partial charge on any atom is 0.171 e. The van der Waals surface area contributed by atoms with E-state index >= 15 is 0 Å². The SMILES string of the molecule is Cn1nc(C(C)(C)C)nc1CO[SiH](C)C. The first-order chi connectivity index (χ1) is 6.80. The minimum absolute atomic E-state index is 0.00523. The van der Waals surface area contributed by atoms with Crippen LogP contribution in [0.1, 0.15) is 32.4 Å². The third-order valence-electron chi connectivity index (χ3n) is 2.07. The van der Waals surface area contributed by atoms with E-state index in [4.69, 9.17) is 4.43 Å². The molecule has 0 N–H and O–H groups in total. The fraction of sp³-hybridized carbons (Fsp3) is 0.800. The molecule has 1 aromatic rings. The van der Waals surface area contributed by atoms with E-state index in [1.54, 1.807) is 0 Å². The molecule has 0 atom stereocenters. The van der Waals surface area contributed by atoms with Crippen molar-refractivity contribution in [3.8, 4) is 0 Å². The maximum absolute atomic E-state index is 5.65. The van der Waals surface area contributed by atoms with Crippen molar-refractivity contribution >= 4 is 9.04 Å². The first-order valence-electron chi connectivity index (χ1n) is 5.32. The average Bonchev–Trinajstić information content (AvgIpc) is 2.42. The van der Waals surface area contributed by atoms with E-state index in [1.165, 1.54) is 0 Å². The van der Waals surface area contributed by atoms with Gasteiger partial charge in [-0.3, -0.25) is 4.68 Å². The van der Waals surface area contributed by atoms with Crippen molar-refractivity contribution in [3.63, 3.8) is 0 Å². The Labute approximate surface area is 93.4 Å². The summed E-state index contributed by atoms with van der Waals surface area (Å²) in [6, 6.07) is 0. The van der Waals surface area contributed by atoms with Crippen LogP contribution in [0, 0.1) is 0 Å². The molecule has 5 heteroatoms. The molecule has 15 heavy (non-hydrogen) atoms. The molecule has 1 rings (SSSR count). The van der Waals surface area contributed by atoms with Crippen LogP contribution in [0.4, 0.5) is 0 Å². The zero-order chi connectivity index (χ0) is 11.6. The Balaban J connectivity index is 2.78. The second-order valence-corrected chi connectivity index (χ2v) is 7.52. The Kier molecular flexibility index (Phi) is 3.67. The van der Waals surface area contributed by atoms with Gasteiger partial charge in [-0.25, -0.2) is 4.98 Å². The van der Waals surface area contributed by atoms with Gasteiger partial charge in [0.25, 0.3) is 0 Å². The topological polar surface area (TPSA) is 39.9 Å². The first-order valence-corrected chi connectivity index (χ1v) is 8.11. The molecule has 0 aromatic carbocycles. The van der Waals surface area contributed by atoms with Gasteiger partial charge >= 0.3 is 0 Å². The number of hydrogen-bond donors (Lipinski definition) is 0. The lowest BCUT2D eigenvalue weighted by Gasteiger charge is -2.12. The van der Waals surface area contributed by atoms with Gasteiger partial charge in [-0.15, -0.1) is 0 Å². The molecule has 1 aromatic heterocycles. The normalized spacial score (nSPS) is 12.5. The van der Waals surface area contributed by atoms with Gasteiger partial charge in [-0.1, -0.05) is 20.8 Å². The van der Waals surface area contributed by atoms with Crippen molar-refractivity contribution < 1.29 is 4.43 Å². The van der Waals surface area contributed by atoms with Crippen LogP contribution in [0.15, 0.2) is 0 Å². The van der Waals surface area contributed by atoms with Gasteiger partial charge in [0.15, 0.2) is 20.7 Å². The van der Waals surface area contributed by atoms with E-state index < -0.39 is 9.04 Å². The average molecular weight is 227 g/mol. The van der Waals surface area contributed by atoms with Crippen molar-refractivity contribution in [1.82, 2.24) is 14.8 Å². The minimum Gasteiger partial charge on any atom is -0.413 e. The third kappa shape index (κ3) is 3.42. The second-order valence-electron chi connectivity index (χ2n) is 5.09. The largest absolute Gasteiger partial charge is 0.413 e. The predicted molar refractivity (Wildman–Crippen MR) is 63.4 cm³/mol. The molecule has 0 radical (unpaired) electrons. The van der Waals surface area contributed by atoms with Gasteiger partial charge in [0, 0.05) is 12.5 Å². The molecule has 0 fully saturated rings. The molecule has 0 spiro atoms. The third-order valence-corrected chi connectivity index (χ3v) is 2.90. The highest BCUT2D eigenvalue weighted by Crippen LogP contribution is 2.18. The molecule has 0 saturated heterocycles. The Morgan fingerprint density at radius 2 is 1.93 bits per heavy atom. The van der Waals surface area contributed by atoms with Crippen molar-refractivity contribution in [3.05, 3.63) is 11.6 Å². The van der Waals surface area contributed by atoms with Crippen molar-refractivity contribution in [1.29, 1.82) is 0 Å². The highest BCUT2D eigenvalue weighted by molar-refractivity contribution is 6.48. The summed E-state index contributed by atoms with van der Waals surface area (Å²) in [5, 5.41) is 4.40. The molecule has 0 aliphatic heterocycles. The Morgan fingerprint density at radius 1 is 1.33 bits per heavy atom. The van der Waals surface area contributed by atoms with Gasteiger partial charge in [-0.2, -0.15) is 5.10 Å². The molecule has 0 aliphatic carbocycles. The van der Waals surface area contributed by atoms with Gasteiger partial charge in [0.1, 0.15) is 0 Å². The van der Waals surface area contributed by atoms with E-state index in [0.29, 0.717) is 6.61 Å². The van der Waals surface area contributed by atoms with E-state index in [0.717, 1.165) is 11.6 Å². The van der Waals surface area contributed by atoms with Crippen LogP contribution in [0.3, 0.4) is 0 Å². The standard InChI is InChI=1S/C10H21N3OSi/c1-10(2,3)9-11-8(13(4)12-9)7-14-15(5)6/h15H,7H2,1-6H3. The van der Waals surface area contributed by atoms with Crippen molar-refractivity contribution in [2.24, 2.45) is 7.05 Å². The van der Waals surface area contributed by atoms with E-state index in [1.807, 2.05) is 11.7 Å². The molecule has 0 unspecified atom stereocenters. The molecular formula is C10H21N3OSi. The lowest BCUT2D eigenvalue weighted by molar-refractivity contribution is 0.297. The summed E-state index contributed by atoms with van der Waals surface area (Å²) in [5.74, 6) is 1.80. The van der Waals surface area contributed by atoms with Crippen LogP contribution < -0.4 is 0 Å². The molecule has 1 heterocycles. The van der Waals surface area contributed by atoms with Crippen LogP contribution in [-0.4, -0.2) is 23.8 Å². The summed E-state index contributed by atoms with van der Waals surface area (Å²) in [6.07, 6.45) is 0. The Bertz CT molecular complexity index is 328. The molecular weight excluding hydrogens is 206 g/mol. The molecule has 0 bridgehead atoms. The Hall–Kier alpha value is -0.683. The van der Waals surface area contributed by atoms with Gasteiger partial charge in [0.05, 0.1) is 6.61 Å². The van der Waals surface area contributed by atoms with Gasteiger partial charge in [-0.05, 0) is 13.1 Å². The van der Waals surface area contributed by atoms with E-state index in [-0.39, 0.29) is 5.41 Å². The summed E-state index contributed by atoms with van der Waals surface area (Å²) < 4.78 is 7.47. The lowest BCUT2D eigenvalue weighted by Crippen LogP contribution is -2.13. The summed E-state index contributed by atoms with van der Waals surface area (Å²) in [6.45, 7) is 11.2. The molecule has 0 saturated carbocycles. The minimum atomic E-state index is -0.975. The summed E-state index contributed by atoms with van der Waals surface area (Å²) in [4.78, 5) is 4.50. The van der Waals surface area contributed by atoms with Crippen LogP contribution in [-0.2, 0) is 23.5 Å². The fourth-order valence-corrected chi connectivity index (χ4v) is 1.58. The van der Waals surface area contributed by atoms with Crippen LogP contribution in [0.25, 0.3) is 0 Å². The number of hydrogen-bond acceptors (Lipinski definition) is 3. The summed E-state index contributed by atoms with van der Waals surface area (Å²) >= 11 is 0. The van der Waals surface area contributed by atoms with E-state index in [9.17, 15) is 0 Å².